The van der Waals surface area contributed by atoms with Crippen molar-refractivity contribution >= 4 is 30.5 Å². The number of ether oxygens (including phenoxy) is 2. The smallest absolute Gasteiger partial charge is 0.123 e. The molecule has 0 aliphatic carbocycles. The number of piperazine rings is 1. The zero-order valence-electron chi connectivity index (χ0n) is 19.7. The SMILES string of the molecule is CC(C)(C)c1ccc(OCCOCC(O)CN2CCN(c3ccc(F)cc3)CC2)cc1.Cl.Cl. The van der Waals surface area contributed by atoms with Crippen LogP contribution in [0.2, 0.25) is 0 Å². The highest BCUT2D eigenvalue weighted by atomic mass is 35.5. The largest absolute Gasteiger partial charge is 0.491 e. The number of aliphatic hydroxyl groups excluding tert-OH is 1. The van der Waals surface area contributed by atoms with Crippen LogP contribution in [-0.2, 0) is 10.2 Å². The van der Waals surface area contributed by atoms with Gasteiger partial charge in [-0.3, -0.25) is 4.90 Å². The second-order valence-corrected chi connectivity index (χ2v) is 9.12. The highest BCUT2D eigenvalue weighted by Crippen LogP contribution is 2.24. The second kappa shape index (κ2) is 14.0. The Labute approximate surface area is 209 Å². The first-order valence-electron chi connectivity index (χ1n) is 11.0. The first-order chi connectivity index (χ1) is 14.8. The van der Waals surface area contributed by atoms with E-state index >= 15 is 0 Å². The minimum Gasteiger partial charge on any atom is -0.491 e. The van der Waals surface area contributed by atoms with Crippen LogP contribution in [0.5, 0.6) is 5.75 Å². The van der Waals surface area contributed by atoms with Gasteiger partial charge in [0.25, 0.3) is 0 Å². The first kappa shape index (κ1) is 29.5. The van der Waals surface area contributed by atoms with Crippen molar-refractivity contribution in [3.8, 4) is 5.75 Å². The van der Waals surface area contributed by atoms with E-state index in [1.165, 1.54) is 17.7 Å². The van der Waals surface area contributed by atoms with E-state index < -0.39 is 6.10 Å². The zero-order valence-corrected chi connectivity index (χ0v) is 21.3. The summed E-state index contributed by atoms with van der Waals surface area (Å²) in [4.78, 5) is 4.48. The molecule has 0 aromatic heterocycles. The van der Waals surface area contributed by atoms with Crippen LogP contribution in [0.3, 0.4) is 0 Å². The molecule has 3 rings (SSSR count). The molecule has 1 heterocycles. The van der Waals surface area contributed by atoms with Crippen LogP contribution in [0, 0.1) is 5.82 Å². The molecule has 1 aliphatic heterocycles. The Morgan fingerprint density at radius 2 is 1.52 bits per heavy atom. The van der Waals surface area contributed by atoms with Gasteiger partial charge in [-0.25, -0.2) is 4.39 Å². The van der Waals surface area contributed by atoms with Gasteiger partial charge in [-0.15, -0.1) is 24.8 Å². The van der Waals surface area contributed by atoms with Crippen molar-refractivity contribution in [1.82, 2.24) is 4.90 Å². The minimum absolute atomic E-state index is 0. The van der Waals surface area contributed by atoms with E-state index in [1.807, 2.05) is 24.3 Å². The fraction of sp³-hybridized carbons (Fsp3) is 0.520. The molecule has 5 nitrogen and oxygen atoms in total. The summed E-state index contributed by atoms with van der Waals surface area (Å²) < 4.78 is 24.4. The number of hydrogen-bond donors (Lipinski definition) is 1. The minimum atomic E-state index is -0.525. The summed E-state index contributed by atoms with van der Waals surface area (Å²) in [6.07, 6.45) is -0.525. The molecule has 1 aliphatic rings. The Bertz CT molecular complexity index is 793. The number of aliphatic hydroxyl groups is 1. The third kappa shape index (κ3) is 9.67. The highest BCUT2D eigenvalue weighted by Gasteiger charge is 2.19. The summed E-state index contributed by atoms with van der Waals surface area (Å²) in [5.74, 6) is 0.616. The summed E-state index contributed by atoms with van der Waals surface area (Å²) in [6.45, 7) is 11.8. The Hall–Kier alpha value is -1.57. The Balaban J connectivity index is 0.00000272. The van der Waals surface area contributed by atoms with Gasteiger partial charge in [0, 0.05) is 38.4 Å². The number of anilines is 1. The van der Waals surface area contributed by atoms with E-state index in [0.29, 0.717) is 26.4 Å². The van der Waals surface area contributed by atoms with Gasteiger partial charge >= 0.3 is 0 Å². The summed E-state index contributed by atoms with van der Waals surface area (Å²) in [6, 6.07) is 14.8. The van der Waals surface area contributed by atoms with Crippen molar-refractivity contribution in [1.29, 1.82) is 0 Å². The fourth-order valence-electron chi connectivity index (χ4n) is 3.68. The van der Waals surface area contributed by atoms with Crippen molar-refractivity contribution in [2.75, 3.05) is 57.4 Å². The lowest BCUT2D eigenvalue weighted by atomic mass is 9.87. The molecular weight excluding hydrogens is 466 g/mol. The molecular formula is C25H37Cl2FN2O3. The van der Waals surface area contributed by atoms with Crippen LogP contribution in [0.4, 0.5) is 10.1 Å². The maximum Gasteiger partial charge on any atom is 0.123 e. The summed E-state index contributed by atoms with van der Waals surface area (Å²) >= 11 is 0. The van der Waals surface area contributed by atoms with E-state index in [1.54, 1.807) is 0 Å². The topological polar surface area (TPSA) is 45.2 Å². The number of halogens is 3. The van der Waals surface area contributed by atoms with Crippen molar-refractivity contribution in [3.63, 3.8) is 0 Å². The van der Waals surface area contributed by atoms with Crippen LogP contribution in [0.15, 0.2) is 48.5 Å². The van der Waals surface area contributed by atoms with Crippen molar-refractivity contribution < 1.29 is 19.0 Å². The van der Waals surface area contributed by atoms with Gasteiger partial charge < -0.3 is 19.5 Å². The number of benzene rings is 2. The molecule has 33 heavy (non-hydrogen) atoms. The molecule has 0 radical (unpaired) electrons. The summed E-state index contributed by atoms with van der Waals surface area (Å²) in [7, 11) is 0. The number of β-amino-alcohol motifs (C(OH)–C–C–N with tert-alkyl or cyclic N) is 1. The third-order valence-corrected chi connectivity index (χ3v) is 5.56. The summed E-state index contributed by atoms with van der Waals surface area (Å²) in [5, 5.41) is 10.3. The molecule has 0 saturated carbocycles. The molecule has 2 aromatic carbocycles. The maximum absolute atomic E-state index is 13.1. The molecule has 1 fully saturated rings. The quantitative estimate of drug-likeness (QED) is 0.509. The Kier molecular flexibility index (Phi) is 12.5. The molecule has 1 saturated heterocycles. The van der Waals surface area contributed by atoms with Gasteiger partial charge in [0.1, 0.15) is 18.2 Å². The van der Waals surface area contributed by atoms with Crippen LogP contribution >= 0.6 is 24.8 Å². The van der Waals surface area contributed by atoms with E-state index in [2.05, 4.69) is 42.7 Å². The lowest BCUT2D eigenvalue weighted by Crippen LogP contribution is -2.49. The number of hydrogen-bond acceptors (Lipinski definition) is 5. The molecule has 8 heteroatoms. The standard InChI is InChI=1S/C25H35FN2O3.2ClH/c1-25(2,3)20-4-10-24(11-5-20)31-17-16-30-19-23(29)18-27-12-14-28(15-13-27)22-8-6-21(26)7-9-22;;/h4-11,23,29H,12-19H2,1-3H3;2*1H. The predicted octanol–water partition coefficient (Wildman–Crippen LogP) is 4.55. The average Bonchev–Trinajstić information content (AvgIpc) is 2.74. The fourth-order valence-corrected chi connectivity index (χ4v) is 3.68. The monoisotopic (exact) mass is 502 g/mol. The van der Waals surface area contributed by atoms with Gasteiger partial charge in [0.15, 0.2) is 0 Å². The molecule has 1 atom stereocenters. The normalized spacial score (nSPS) is 15.4. The Morgan fingerprint density at radius 1 is 0.909 bits per heavy atom. The molecule has 1 unspecified atom stereocenters. The van der Waals surface area contributed by atoms with Gasteiger partial charge in [-0.2, -0.15) is 0 Å². The van der Waals surface area contributed by atoms with E-state index in [-0.39, 0.29) is 36.0 Å². The molecule has 1 N–H and O–H groups in total. The number of nitrogens with zero attached hydrogens (tertiary/aromatic N) is 2. The van der Waals surface area contributed by atoms with Crippen LogP contribution < -0.4 is 9.64 Å². The van der Waals surface area contributed by atoms with Gasteiger partial charge in [0.2, 0.25) is 0 Å². The van der Waals surface area contributed by atoms with Gasteiger partial charge in [0.05, 0.1) is 19.3 Å². The predicted molar refractivity (Wildman–Crippen MR) is 137 cm³/mol. The van der Waals surface area contributed by atoms with Gasteiger partial charge in [-0.1, -0.05) is 32.9 Å². The van der Waals surface area contributed by atoms with E-state index in [4.69, 9.17) is 9.47 Å². The number of rotatable bonds is 9. The van der Waals surface area contributed by atoms with Crippen LogP contribution in [-0.4, -0.2) is 68.7 Å². The third-order valence-electron chi connectivity index (χ3n) is 5.56. The van der Waals surface area contributed by atoms with Crippen LogP contribution in [0.1, 0.15) is 26.3 Å². The molecule has 2 aromatic rings. The maximum atomic E-state index is 13.1. The molecule has 0 spiro atoms. The average molecular weight is 503 g/mol. The van der Waals surface area contributed by atoms with E-state index in [0.717, 1.165) is 37.6 Å². The van der Waals surface area contributed by atoms with Gasteiger partial charge in [-0.05, 0) is 47.4 Å². The molecule has 0 amide bonds. The lowest BCUT2D eigenvalue weighted by molar-refractivity contribution is 0.00718. The first-order valence-corrected chi connectivity index (χ1v) is 11.0. The summed E-state index contributed by atoms with van der Waals surface area (Å²) in [5.41, 5.74) is 2.45. The van der Waals surface area contributed by atoms with Crippen molar-refractivity contribution in [3.05, 3.63) is 59.9 Å². The zero-order chi connectivity index (χ0) is 22.3. The second-order valence-electron chi connectivity index (χ2n) is 9.12. The molecule has 186 valence electrons. The van der Waals surface area contributed by atoms with E-state index in [9.17, 15) is 9.50 Å². The van der Waals surface area contributed by atoms with Crippen molar-refractivity contribution in [2.45, 2.75) is 32.3 Å². The van der Waals surface area contributed by atoms with Crippen LogP contribution in [0.25, 0.3) is 0 Å². The Morgan fingerprint density at radius 3 is 2.09 bits per heavy atom. The van der Waals surface area contributed by atoms with Crippen molar-refractivity contribution in [2.24, 2.45) is 0 Å². The molecule has 0 bridgehead atoms. The highest BCUT2D eigenvalue weighted by molar-refractivity contribution is 5.85. The lowest BCUT2D eigenvalue weighted by Gasteiger charge is -2.36.